The van der Waals surface area contributed by atoms with Crippen molar-refractivity contribution in [2.75, 3.05) is 52.4 Å². The van der Waals surface area contributed by atoms with Crippen LogP contribution in [-0.4, -0.2) is 62.2 Å². The third kappa shape index (κ3) is 4.52. The highest BCUT2D eigenvalue weighted by atomic mass is 15.3. The molecule has 0 aromatic carbocycles. The Morgan fingerprint density at radius 3 is 1.89 bits per heavy atom. The van der Waals surface area contributed by atoms with Crippen LogP contribution in [0.15, 0.2) is 0 Å². The molecule has 1 saturated heterocycles. The van der Waals surface area contributed by atoms with E-state index in [1.807, 2.05) is 0 Å². The van der Waals surface area contributed by atoms with Gasteiger partial charge in [0.05, 0.1) is 0 Å². The molecule has 0 radical (unpaired) electrons. The zero-order valence-electron chi connectivity index (χ0n) is 13.0. The van der Waals surface area contributed by atoms with Gasteiger partial charge in [0, 0.05) is 39.3 Å². The molecule has 0 bridgehead atoms. The van der Waals surface area contributed by atoms with Gasteiger partial charge >= 0.3 is 0 Å². The Labute approximate surface area is 114 Å². The maximum atomic E-state index is 3.56. The summed E-state index contributed by atoms with van der Waals surface area (Å²) in [6, 6.07) is 0. The summed E-state index contributed by atoms with van der Waals surface area (Å²) in [5.41, 5.74) is 0.477. The predicted octanol–water partition coefficient (Wildman–Crippen LogP) is 2.04. The number of nitrogens with one attached hydrogen (secondary N) is 1. The standard InChI is InChI=1S/C15H33N3/c1-5-15(6-2,13-16-7-3)14-18-11-9-17(8-4)10-12-18/h16H,5-14H2,1-4H3. The van der Waals surface area contributed by atoms with Crippen molar-refractivity contribution in [3.8, 4) is 0 Å². The third-order valence-corrected chi connectivity index (χ3v) is 4.72. The number of rotatable bonds is 8. The first-order valence-corrected chi connectivity index (χ1v) is 7.85. The van der Waals surface area contributed by atoms with Crippen molar-refractivity contribution in [2.24, 2.45) is 5.41 Å². The van der Waals surface area contributed by atoms with Gasteiger partial charge in [0.15, 0.2) is 0 Å². The Hall–Kier alpha value is -0.120. The molecule has 0 aromatic heterocycles. The Balaban J connectivity index is 2.45. The smallest absolute Gasteiger partial charge is 0.0110 e. The van der Waals surface area contributed by atoms with Crippen LogP contribution in [0, 0.1) is 5.41 Å². The number of nitrogens with zero attached hydrogens (tertiary/aromatic N) is 2. The number of piperazine rings is 1. The lowest BCUT2D eigenvalue weighted by atomic mass is 9.81. The first-order valence-electron chi connectivity index (χ1n) is 7.85. The molecule has 108 valence electrons. The highest BCUT2D eigenvalue weighted by Crippen LogP contribution is 2.27. The Kier molecular flexibility index (Phi) is 7.20. The van der Waals surface area contributed by atoms with Crippen LogP contribution >= 0.6 is 0 Å². The molecular weight excluding hydrogens is 222 g/mol. The van der Waals surface area contributed by atoms with Crippen molar-refractivity contribution in [3.05, 3.63) is 0 Å². The largest absolute Gasteiger partial charge is 0.316 e. The summed E-state index contributed by atoms with van der Waals surface area (Å²) in [5.74, 6) is 0. The van der Waals surface area contributed by atoms with E-state index in [1.165, 1.54) is 58.7 Å². The maximum Gasteiger partial charge on any atom is 0.0110 e. The molecule has 18 heavy (non-hydrogen) atoms. The molecule has 0 saturated carbocycles. The van der Waals surface area contributed by atoms with Crippen molar-refractivity contribution in [1.82, 2.24) is 15.1 Å². The molecule has 0 spiro atoms. The fourth-order valence-corrected chi connectivity index (χ4v) is 2.91. The fourth-order valence-electron chi connectivity index (χ4n) is 2.91. The summed E-state index contributed by atoms with van der Waals surface area (Å²) >= 11 is 0. The minimum Gasteiger partial charge on any atom is -0.316 e. The monoisotopic (exact) mass is 255 g/mol. The second kappa shape index (κ2) is 8.13. The van der Waals surface area contributed by atoms with Crippen LogP contribution in [0.25, 0.3) is 0 Å². The van der Waals surface area contributed by atoms with Crippen LogP contribution in [0.5, 0.6) is 0 Å². The van der Waals surface area contributed by atoms with Crippen molar-refractivity contribution in [3.63, 3.8) is 0 Å². The van der Waals surface area contributed by atoms with E-state index < -0.39 is 0 Å². The Morgan fingerprint density at radius 2 is 1.44 bits per heavy atom. The minimum absolute atomic E-state index is 0.477. The van der Waals surface area contributed by atoms with E-state index >= 15 is 0 Å². The topological polar surface area (TPSA) is 18.5 Å². The van der Waals surface area contributed by atoms with Gasteiger partial charge in [-0.2, -0.15) is 0 Å². The molecule has 1 aliphatic rings. The molecule has 1 heterocycles. The quantitative estimate of drug-likeness (QED) is 0.716. The summed E-state index contributed by atoms with van der Waals surface area (Å²) < 4.78 is 0. The summed E-state index contributed by atoms with van der Waals surface area (Å²) in [6.07, 6.45) is 2.56. The summed E-state index contributed by atoms with van der Waals surface area (Å²) in [4.78, 5) is 5.23. The zero-order valence-corrected chi connectivity index (χ0v) is 13.0. The van der Waals surface area contributed by atoms with Gasteiger partial charge in [-0.15, -0.1) is 0 Å². The van der Waals surface area contributed by atoms with E-state index in [4.69, 9.17) is 0 Å². The summed E-state index contributed by atoms with van der Waals surface area (Å²) in [6.45, 7) is 18.9. The van der Waals surface area contributed by atoms with Crippen LogP contribution in [0.2, 0.25) is 0 Å². The van der Waals surface area contributed by atoms with Crippen LogP contribution in [-0.2, 0) is 0 Å². The highest BCUT2D eigenvalue weighted by molar-refractivity contribution is 4.84. The van der Waals surface area contributed by atoms with E-state index in [0.717, 1.165) is 6.54 Å². The lowest BCUT2D eigenvalue weighted by Crippen LogP contribution is -2.51. The van der Waals surface area contributed by atoms with Crippen molar-refractivity contribution in [2.45, 2.75) is 40.5 Å². The summed E-state index contributed by atoms with van der Waals surface area (Å²) in [5, 5.41) is 3.56. The van der Waals surface area contributed by atoms with Crippen molar-refractivity contribution >= 4 is 0 Å². The molecule has 0 amide bonds. The van der Waals surface area contributed by atoms with Crippen molar-refractivity contribution in [1.29, 1.82) is 0 Å². The van der Waals surface area contributed by atoms with Gasteiger partial charge in [-0.05, 0) is 31.3 Å². The summed E-state index contributed by atoms with van der Waals surface area (Å²) in [7, 11) is 0. The van der Waals surface area contributed by atoms with Gasteiger partial charge in [-0.1, -0.05) is 27.7 Å². The SMILES string of the molecule is CCNCC(CC)(CC)CN1CCN(CC)CC1. The van der Waals surface area contributed by atoms with Gasteiger partial charge in [-0.3, -0.25) is 0 Å². The molecular formula is C15H33N3. The highest BCUT2D eigenvalue weighted by Gasteiger charge is 2.29. The number of likely N-dealkylation sites (N-methyl/N-ethyl adjacent to an activating group) is 1. The van der Waals surface area contributed by atoms with Gasteiger partial charge < -0.3 is 15.1 Å². The van der Waals surface area contributed by atoms with E-state index in [0.29, 0.717) is 5.41 Å². The first kappa shape index (κ1) is 15.9. The van der Waals surface area contributed by atoms with Gasteiger partial charge in [0.25, 0.3) is 0 Å². The lowest BCUT2D eigenvalue weighted by molar-refractivity contribution is 0.0808. The van der Waals surface area contributed by atoms with Crippen LogP contribution in [0.4, 0.5) is 0 Å². The van der Waals surface area contributed by atoms with E-state index in [2.05, 4.69) is 42.8 Å². The van der Waals surface area contributed by atoms with Gasteiger partial charge in [0.2, 0.25) is 0 Å². The molecule has 1 N–H and O–H groups in total. The van der Waals surface area contributed by atoms with Crippen LogP contribution in [0.3, 0.4) is 0 Å². The van der Waals surface area contributed by atoms with Crippen LogP contribution < -0.4 is 5.32 Å². The van der Waals surface area contributed by atoms with E-state index in [9.17, 15) is 0 Å². The molecule has 1 rings (SSSR count). The Bertz CT molecular complexity index is 206. The second-order valence-electron chi connectivity index (χ2n) is 5.70. The average Bonchev–Trinajstić information content (AvgIpc) is 2.44. The maximum absolute atomic E-state index is 3.56. The normalized spacial score (nSPS) is 19.3. The number of hydrogen-bond acceptors (Lipinski definition) is 3. The van der Waals surface area contributed by atoms with Gasteiger partial charge in [0.1, 0.15) is 0 Å². The molecule has 1 fully saturated rings. The van der Waals surface area contributed by atoms with Gasteiger partial charge in [-0.25, -0.2) is 0 Å². The van der Waals surface area contributed by atoms with E-state index in [1.54, 1.807) is 0 Å². The molecule has 0 atom stereocenters. The molecule has 0 unspecified atom stereocenters. The first-order chi connectivity index (χ1) is 8.69. The molecule has 3 nitrogen and oxygen atoms in total. The Morgan fingerprint density at radius 1 is 0.889 bits per heavy atom. The van der Waals surface area contributed by atoms with Crippen molar-refractivity contribution < 1.29 is 0 Å². The van der Waals surface area contributed by atoms with E-state index in [-0.39, 0.29) is 0 Å². The lowest BCUT2D eigenvalue weighted by Gasteiger charge is -2.41. The molecule has 3 heteroatoms. The fraction of sp³-hybridized carbons (Fsp3) is 1.00. The van der Waals surface area contributed by atoms with Crippen LogP contribution in [0.1, 0.15) is 40.5 Å². The number of hydrogen-bond donors (Lipinski definition) is 1. The predicted molar refractivity (Wildman–Crippen MR) is 80.1 cm³/mol. The zero-order chi connectivity index (χ0) is 13.4. The molecule has 0 aliphatic carbocycles. The minimum atomic E-state index is 0.477. The second-order valence-corrected chi connectivity index (χ2v) is 5.70. The molecule has 0 aromatic rings. The average molecular weight is 255 g/mol. The molecule has 1 aliphatic heterocycles. The third-order valence-electron chi connectivity index (χ3n) is 4.72.